The molecule has 35 heavy (non-hydrogen) atoms. The first-order valence-corrected chi connectivity index (χ1v) is 9.22. The lowest BCUT2D eigenvalue weighted by molar-refractivity contribution is -0.432. The summed E-state index contributed by atoms with van der Waals surface area (Å²) in [5.74, 6) is -48.7. The first-order chi connectivity index (χ1) is 15.4. The van der Waals surface area contributed by atoms with Gasteiger partial charge in [0.2, 0.25) is 11.7 Å². The van der Waals surface area contributed by atoms with Gasteiger partial charge in [-0.2, -0.15) is 52.7 Å². The van der Waals surface area contributed by atoms with Crippen molar-refractivity contribution in [3.63, 3.8) is 0 Å². The van der Waals surface area contributed by atoms with E-state index in [0.717, 1.165) is 12.1 Å². The molecule has 0 saturated carbocycles. The van der Waals surface area contributed by atoms with E-state index in [1.54, 1.807) is 0 Å². The predicted octanol–water partition coefficient (Wildman–Crippen LogP) is 7.53. The van der Waals surface area contributed by atoms with Crippen molar-refractivity contribution in [2.45, 2.75) is 64.7 Å². The number of hydrogen-bond acceptors (Lipinski definition) is 2. The molecule has 0 aromatic heterocycles. The zero-order valence-electron chi connectivity index (χ0n) is 15.9. The molecule has 0 bridgehead atoms. The van der Waals surface area contributed by atoms with Crippen LogP contribution in [0.5, 0.6) is 5.75 Å². The summed E-state index contributed by atoms with van der Waals surface area (Å²) in [6.07, 6.45) is -15.7. The summed E-state index contributed by atoms with van der Waals surface area (Å²) in [5.41, 5.74) is -4.73. The molecule has 204 valence electrons. The largest absolute Gasteiger partial charge is 0.507 e. The number of thioether (sulfide) groups is 1. The van der Waals surface area contributed by atoms with Gasteiger partial charge in [0.05, 0.1) is 4.90 Å². The molecule has 1 N–H and O–H groups in total. The number of benzene rings is 1. The minimum Gasteiger partial charge on any atom is -0.507 e. The van der Waals surface area contributed by atoms with Crippen LogP contribution in [-0.4, -0.2) is 64.9 Å². The van der Waals surface area contributed by atoms with Gasteiger partial charge in [-0.1, -0.05) is 23.9 Å². The molecule has 0 amide bonds. The summed E-state index contributed by atoms with van der Waals surface area (Å²) >= 11 is -1.20. The van der Waals surface area contributed by atoms with Crippen LogP contribution >= 0.6 is 11.8 Å². The smallest absolute Gasteiger partial charge is 0.384 e. The van der Waals surface area contributed by atoms with Gasteiger partial charge in [0, 0.05) is 0 Å². The maximum atomic E-state index is 13.8. The number of phenolic OH excluding ortho intramolecular Hbond substituents is 1. The third-order valence-corrected chi connectivity index (χ3v) is 5.37. The highest BCUT2D eigenvalue weighted by molar-refractivity contribution is 8.00. The normalized spacial score (nSPS) is 17.4. The Morgan fingerprint density at radius 1 is 0.600 bits per heavy atom. The topological polar surface area (TPSA) is 20.2 Å². The molecule has 0 spiro atoms. The van der Waals surface area contributed by atoms with Crippen LogP contribution in [0.2, 0.25) is 0 Å². The molecular weight excluding hydrogens is 563 g/mol. The Hall–Kier alpha value is -1.82. The van der Waals surface area contributed by atoms with Crippen LogP contribution in [0, 0.1) is 0 Å². The third kappa shape index (κ3) is 4.80. The molecule has 0 aliphatic heterocycles. The van der Waals surface area contributed by atoms with Crippen molar-refractivity contribution < 1.29 is 79.7 Å². The average Bonchev–Trinajstić information content (AvgIpc) is 2.73. The molecule has 3 unspecified atom stereocenters. The third-order valence-electron chi connectivity index (χ3n) is 4.27. The van der Waals surface area contributed by atoms with Crippen molar-refractivity contribution >= 4 is 11.8 Å². The fourth-order valence-electron chi connectivity index (χ4n) is 2.20. The highest BCUT2D eigenvalue weighted by Gasteiger charge is 2.92. The molecule has 1 nitrogen and oxygen atoms in total. The summed E-state index contributed by atoms with van der Waals surface area (Å²) in [4.78, 5) is -1.08. The average molecular weight is 572 g/mol. The van der Waals surface area contributed by atoms with E-state index in [9.17, 15) is 79.7 Å². The molecule has 0 fully saturated rings. The molecule has 19 heteroatoms. The number of para-hydroxylation sites is 1. The number of hydrogen-bond donors (Lipinski definition) is 1. The van der Waals surface area contributed by atoms with E-state index in [1.807, 2.05) is 0 Å². The summed E-state index contributed by atoms with van der Waals surface area (Å²) in [6.45, 7) is 0. The molecule has 0 radical (unpaired) electrons. The lowest BCUT2D eigenvalue weighted by Crippen LogP contribution is -2.73. The second-order valence-electron chi connectivity index (χ2n) is 6.63. The van der Waals surface area contributed by atoms with Gasteiger partial charge >= 0.3 is 35.5 Å². The molecule has 1 rings (SSSR count). The maximum Gasteiger partial charge on any atom is 0.384 e. The molecule has 3 atom stereocenters. The fourth-order valence-corrected chi connectivity index (χ4v) is 3.06. The van der Waals surface area contributed by atoms with E-state index in [1.165, 1.54) is 0 Å². The van der Waals surface area contributed by atoms with E-state index in [2.05, 4.69) is 0 Å². The second-order valence-corrected chi connectivity index (χ2v) is 7.72. The predicted molar refractivity (Wildman–Crippen MR) is 84.3 cm³/mol. The van der Waals surface area contributed by atoms with Crippen molar-refractivity contribution in [2.24, 2.45) is 0 Å². The highest BCUT2D eigenvalue weighted by atomic mass is 32.2. The Labute approximate surface area is 187 Å². The van der Waals surface area contributed by atoms with Crippen LogP contribution < -0.4 is 0 Å². The van der Waals surface area contributed by atoms with Crippen LogP contribution in [-0.2, 0) is 0 Å². The van der Waals surface area contributed by atoms with Gasteiger partial charge in [0.25, 0.3) is 6.43 Å². The Bertz CT molecular complexity index is 873. The van der Waals surface area contributed by atoms with Crippen molar-refractivity contribution in [3.05, 3.63) is 24.3 Å². The van der Waals surface area contributed by atoms with Crippen LogP contribution in [0.25, 0.3) is 0 Å². The number of aromatic hydroxyl groups is 1. The SMILES string of the molecule is Oc1ccccc1SC(F)C(F)(F)C(F)(F)C(F)(F)C(F)(F)C(F)(F)C(F)(F)C(F)C(F)C(F)F. The van der Waals surface area contributed by atoms with E-state index in [0.29, 0.717) is 12.1 Å². The van der Waals surface area contributed by atoms with Gasteiger partial charge in [-0.15, -0.1) is 0 Å². The van der Waals surface area contributed by atoms with Gasteiger partial charge in [-0.05, 0) is 12.1 Å². The van der Waals surface area contributed by atoms with Gasteiger partial charge in [0.1, 0.15) is 5.75 Å². The Balaban J connectivity index is 3.49. The van der Waals surface area contributed by atoms with Crippen LogP contribution in [0.3, 0.4) is 0 Å². The van der Waals surface area contributed by atoms with E-state index in [-0.39, 0.29) is 0 Å². The molecule has 1 aromatic carbocycles. The van der Waals surface area contributed by atoms with Crippen LogP contribution in [0.1, 0.15) is 0 Å². The van der Waals surface area contributed by atoms with Crippen molar-refractivity contribution in [2.75, 3.05) is 0 Å². The number of rotatable bonds is 11. The zero-order valence-corrected chi connectivity index (χ0v) is 16.7. The van der Waals surface area contributed by atoms with Crippen molar-refractivity contribution in [3.8, 4) is 5.75 Å². The molecule has 0 heterocycles. The van der Waals surface area contributed by atoms with E-state index >= 15 is 0 Å². The summed E-state index contributed by atoms with van der Waals surface area (Å²) in [6, 6.07) is 2.97. The molecule has 0 aliphatic rings. The first-order valence-electron chi connectivity index (χ1n) is 8.34. The van der Waals surface area contributed by atoms with Crippen LogP contribution in [0.15, 0.2) is 29.2 Å². The zero-order chi connectivity index (χ0) is 28.0. The van der Waals surface area contributed by atoms with Gasteiger partial charge in [0.15, 0.2) is 6.17 Å². The number of phenols is 1. The van der Waals surface area contributed by atoms with E-state index < -0.39 is 82.2 Å². The molecule has 1 aromatic rings. The standard InChI is InChI=1S/C16H9F17OS/c17-7(9(19)20)8(18)11(22,23)13(26,27)15(30,31)16(32,33)14(28,29)12(24,25)10(21)35-6-4-2-1-3-5(6)34/h1-4,7-10,34H. The monoisotopic (exact) mass is 572 g/mol. The van der Waals surface area contributed by atoms with Crippen molar-refractivity contribution in [1.82, 2.24) is 0 Å². The quantitative estimate of drug-likeness (QED) is 0.219. The van der Waals surface area contributed by atoms with E-state index in [4.69, 9.17) is 0 Å². The molecular formula is C16H9F17OS. The molecule has 0 aliphatic carbocycles. The van der Waals surface area contributed by atoms with Gasteiger partial charge in [-0.25, -0.2) is 22.0 Å². The summed E-state index contributed by atoms with van der Waals surface area (Å²) < 4.78 is 227. The lowest BCUT2D eigenvalue weighted by atomic mass is 9.89. The lowest BCUT2D eigenvalue weighted by Gasteiger charge is -2.42. The number of halogens is 17. The number of alkyl halides is 17. The Morgan fingerprint density at radius 3 is 1.40 bits per heavy atom. The Morgan fingerprint density at radius 2 is 1.00 bits per heavy atom. The van der Waals surface area contributed by atoms with Crippen LogP contribution in [0.4, 0.5) is 74.6 Å². The maximum absolute atomic E-state index is 13.8. The first kappa shape index (κ1) is 31.2. The Kier molecular flexibility index (Phi) is 8.53. The highest BCUT2D eigenvalue weighted by Crippen LogP contribution is 2.62. The fraction of sp³-hybridized carbons (Fsp3) is 0.625. The summed E-state index contributed by atoms with van der Waals surface area (Å²) in [5, 5.41) is 9.26. The minimum atomic E-state index is -8.41. The van der Waals surface area contributed by atoms with Gasteiger partial charge < -0.3 is 5.11 Å². The van der Waals surface area contributed by atoms with Gasteiger partial charge in [-0.3, -0.25) is 0 Å². The minimum absolute atomic E-state index is 0.528. The second kappa shape index (κ2) is 9.57. The summed E-state index contributed by atoms with van der Waals surface area (Å²) in [7, 11) is 0. The molecule has 0 saturated heterocycles. The van der Waals surface area contributed by atoms with Crippen molar-refractivity contribution in [1.29, 1.82) is 0 Å².